The average molecular weight is 676 g/mol. The number of alkyl halides is 4. The van der Waals surface area contributed by atoms with E-state index in [9.17, 15) is 27.2 Å². The molecule has 47 heavy (non-hydrogen) atoms. The van der Waals surface area contributed by atoms with Crippen LogP contribution in [0.2, 0.25) is 0 Å². The molecule has 0 unspecified atom stereocenters. The Balaban J connectivity index is 1.46. The number of ether oxygens (including phenoxy) is 1. The van der Waals surface area contributed by atoms with E-state index in [0.717, 1.165) is 24.6 Å². The highest BCUT2D eigenvalue weighted by Crippen LogP contribution is 2.48. The summed E-state index contributed by atoms with van der Waals surface area (Å²) in [5.41, 5.74) is 2.11. The van der Waals surface area contributed by atoms with Crippen molar-refractivity contribution in [2.45, 2.75) is 62.6 Å². The van der Waals surface area contributed by atoms with Crippen molar-refractivity contribution in [3.05, 3.63) is 41.0 Å². The lowest BCUT2D eigenvalue weighted by Crippen LogP contribution is -2.43. The monoisotopic (exact) mass is 675 g/mol. The number of hydrogen-bond acceptors (Lipinski definition) is 9. The lowest BCUT2D eigenvalue weighted by atomic mass is 9.92. The zero-order valence-electron chi connectivity index (χ0n) is 25.5. The minimum absolute atomic E-state index is 0.0247. The second kappa shape index (κ2) is 11.4. The Morgan fingerprint density at radius 3 is 2.77 bits per heavy atom. The van der Waals surface area contributed by atoms with E-state index >= 15 is 4.39 Å². The van der Waals surface area contributed by atoms with Gasteiger partial charge in [-0.15, -0.1) is 11.3 Å². The number of aromatic nitrogens is 2. The predicted octanol–water partition coefficient (Wildman–Crippen LogP) is 6.40. The smallest absolute Gasteiger partial charge is 0.417 e. The van der Waals surface area contributed by atoms with E-state index in [2.05, 4.69) is 15.3 Å². The zero-order valence-corrected chi connectivity index (χ0v) is 26.3. The molecule has 0 amide bonds. The first kappa shape index (κ1) is 31.7. The van der Waals surface area contributed by atoms with E-state index in [1.165, 1.54) is 0 Å². The van der Waals surface area contributed by atoms with Crippen molar-refractivity contribution in [2.24, 2.45) is 0 Å². The van der Waals surface area contributed by atoms with E-state index in [1.54, 1.807) is 11.9 Å². The molecule has 15 heteroatoms. The second-order valence-electron chi connectivity index (χ2n) is 12.7. The fourth-order valence-corrected chi connectivity index (χ4v) is 8.65. The number of nitrogen functional groups attached to an aromatic ring is 1. The molecule has 248 valence electrons. The molecule has 0 aliphatic carbocycles. The number of fused-ring (bicyclic) bond motifs is 3. The van der Waals surface area contributed by atoms with Gasteiger partial charge in [0.1, 0.15) is 41.0 Å². The van der Waals surface area contributed by atoms with Crippen molar-refractivity contribution in [3.63, 3.8) is 0 Å². The average Bonchev–Trinajstić information content (AvgIpc) is 3.77. The van der Waals surface area contributed by atoms with Gasteiger partial charge in [-0.05, 0) is 57.0 Å². The Kier molecular flexibility index (Phi) is 7.68. The number of nitrogens with two attached hydrogens (primary N) is 1. The third-order valence-corrected chi connectivity index (χ3v) is 11.0. The van der Waals surface area contributed by atoms with Crippen LogP contribution in [-0.2, 0) is 6.18 Å². The summed E-state index contributed by atoms with van der Waals surface area (Å²) in [7, 11) is 1.68. The van der Waals surface area contributed by atoms with Crippen LogP contribution in [0.15, 0.2) is 18.2 Å². The molecule has 7 rings (SSSR count). The first-order chi connectivity index (χ1) is 22.3. The summed E-state index contributed by atoms with van der Waals surface area (Å²) >= 11 is 0.698. The van der Waals surface area contributed by atoms with Gasteiger partial charge in [0.2, 0.25) is 0 Å². The Bertz CT molecular complexity index is 1940. The van der Waals surface area contributed by atoms with E-state index in [0.29, 0.717) is 37.3 Å². The third kappa shape index (κ3) is 5.12. The summed E-state index contributed by atoms with van der Waals surface area (Å²) in [6.45, 7) is 3.63. The van der Waals surface area contributed by atoms with Crippen LogP contribution in [-0.4, -0.2) is 72.0 Å². The molecule has 4 atom stereocenters. The summed E-state index contributed by atoms with van der Waals surface area (Å²) in [6, 6.07) is 4.08. The van der Waals surface area contributed by atoms with Crippen LogP contribution < -0.4 is 20.7 Å². The van der Waals surface area contributed by atoms with Gasteiger partial charge in [0.05, 0.1) is 21.4 Å². The van der Waals surface area contributed by atoms with Crippen molar-refractivity contribution in [1.29, 1.82) is 5.26 Å². The Morgan fingerprint density at radius 2 is 2.06 bits per heavy atom. The number of nitrogens with one attached hydrogen (secondary N) is 1. The van der Waals surface area contributed by atoms with Gasteiger partial charge in [-0.25, -0.2) is 13.2 Å². The van der Waals surface area contributed by atoms with Gasteiger partial charge >= 0.3 is 12.2 Å². The molecule has 8 nitrogen and oxygen atoms in total. The van der Waals surface area contributed by atoms with E-state index in [4.69, 9.17) is 10.5 Å². The number of anilines is 2. The maximum absolute atomic E-state index is 17.0. The van der Waals surface area contributed by atoms with Gasteiger partial charge in [-0.1, -0.05) is 6.07 Å². The molecule has 3 saturated heterocycles. The number of nitrogens with zero attached hydrogens (tertiary/aromatic N) is 5. The molecule has 0 saturated carbocycles. The van der Waals surface area contributed by atoms with Crippen molar-refractivity contribution in [1.82, 2.24) is 20.2 Å². The molecule has 0 radical (unpaired) electrons. The normalized spacial score (nSPS) is 24.7. The van der Waals surface area contributed by atoms with Crippen molar-refractivity contribution < 1.29 is 31.1 Å². The second-order valence-corrected chi connectivity index (χ2v) is 13.7. The maximum atomic E-state index is 17.0. The van der Waals surface area contributed by atoms with Crippen LogP contribution in [0, 0.1) is 23.0 Å². The van der Waals surface area contributed by atoms with Crippen molar-refractivity contribution in [3.8, 4) is 23.2 Å². The molecule has 3 fully saturated rings. The van der Waals surface area contributed by atoms with Crippen molar-refractivity contribution in [2.75, 3.05) is 43.9 Å². The highest BCUT2D eigenvalue weighted by molar-refractivity contribution is 7.23. The van der Waals surface area contributed by atoms with Gasteiger partial charge in [0.25, 0.3) is 0 Å². The molecule has 0 spiro atoms. The van der Waals surface area contributed by atoms with Gasteiger partial charge in [-0.2, -0.15) is 28.4 Å². The van der Waals surface area contributed by atoms with Gasteiger partial charge in [0.15, 0.2) is 5.82 Å². The van der Waals surface area contributed by atoms with Crippen LogP contribution >= 0.6 is 11.3 Å². The summed E-state index contributed by atoms with van der Waals surface area (Å²) < 4.78 is 96.8. The number of nitriles is 1. The highest BCUT2D eigenvalue weighted by atomic mass is 32.1. The summed E-state index contributed by atoms with van der Waals surface area (Å²) in [5, 5.41) is 12.6. The Labute approximate surface area is 270 Å². The topological polar surface area (TPSA) is 103 Å². The van der Waals surface area contributed by atoms with Crippen LogP contribution in [0.25, 0.3) is 32.1 Å². The van der Waals surface area contributed by atoms with E-state index < -0.39 is 46.2 Å². The molecule has 3 aliphatic rings. The molecule has 5 heterocycles. The molecular weight excluding hydrogens is 644 g/mol. The van der Waals surface area contributed by atoms with Gasteiger partial charge in [0, 0.05) is 48.4 Å². The number of likely N-dealkylation sites (N-methyl/N-ethyl adjacent to an activating group) is 1. The minimum atomic E-state index is -5.07. The Morgan fingerprint density at radius 1 is 1.28 bits per heavy atom. The van der Waals surface area contributed by atoms with Crippen LogP contribution in [0.5, 0.6) is 6.01 Å². The quantitative estimate of drug-likeness (QED) is 0.226. The summed E-state index contributed by atoms with van der Waals surface area (Å²) in [5.74, 6) is -2.10. The molecular formula is C32H31F6N7OS. The van der Waals surface area contributed by atoms with Crippen molar-refractivity contribution >= 4 is 43.1 Å². The number of rotatable bonds is 6. The summed E-state index contributed by atoms with van der Waals surface area (Å²) in [6.07, 6.45) is -3.62. The van der Waals surface area contributed by atoms with Gasteiger partial charge in [-0.3, -0.25) is 4.90 Å². The first-order valence-corrected chi connectivity index (χ1v) is 16.1. The number of benzene rings is 2. The minimum Gasteiger partial charge on any atom is -0.461 e. The SMILES string of the molecule is C[C@H]1NCC[C@H]1N(C)c1nc(OC[C@@]23CCCN2C[C@H](F)C3)nc2c(F)c(-c3ccc(F)c4sc(N)c(C#N)c34)c(C(F)(F)F)cc12. The first-order valence-electron chi connectivity index (χ1n) is 15.3. The van der Waals surface area contributed by atoms with Crippen LogP contribution in [0.1, 0.15) is 43.7 Å². The standard InChI is InChI=1S/C32H31F6N7OS/c1-15-22(6-8-41-15)44(2)29-18-10-20(32(36,37)38)24(17-4-5-21(34)27-23(17)19(12-39)28(40)47-27)25(35)26(18)42-30(43-29)46-14-31-7-3-9-45(31)13-16(33)11-31/h4-5,10,15-16,22,41H,3,6-9,11,13-14,40H2,1-2H3/t15-,16-,22-,31+/m1/s1. The Hall–Kier alpha value is -3.87. The largest absolute Gasteiger partial charge is 0.461 e. The van der Waals surface area contributed by atoms with E-state index in [1.807, 2.05) is 17.9 Å². The van der Waals surface area contributed by atoms with E-state index in [-0.39, 0.29) is 75.1 Å². The van der Waals surface area contributed by atoms with Crippen LogP contribution in [0.3, 0.4) is 0 Å². The number of hydrogen-bond donors (Lipinski definition) is 2. The molecule has 2 aromatic heterocycles. The fourth-order valence-electron chi connectivity index (χ4n) is 7.70. The maximum Gasteiger partial charge on any atom is 0.417 e. The number of halogens is 6. The van der Waals surface area contributed by atoms with Crippen LogP contribution in [0.4, 0.5) is 37.2 Å². The predicted molar refractivity (Wildman–Crippen MR) is 167 cm³/mol. The lowest BCUT2D eigenvalue weighted by Gasteiger charge is -2.32. The molecule has 0 bridgehead atoms. The molecule has 3 N–H and O–H groups in total. The molecule has 2 aromatic carbocycles. The summed E-state index contributed by atoms with van der Waals surface area (Å²) in [4.78, 5) is 12.6. The van der Waals surface area contributed by atoms with Gasteiger partial charge < -0.3 is 20.7 Å². The highest BCUT2D eigenvalue weighted by Gasteiger charge is 2.49. The fraction of sp³-hybridized carbons (Fsp3) is 0.469. The molecule has 4 aromatic rings. The molecule has 3 aliphatic heterocycles. The zero-order chi connectivity index (χ0) is 33.4. The third-order valence-electron chi connectivity index (χ3n) is 9.94. The lowest BCUT2D eigenvalue weighted by molar-refractivity contribution is -0.137. The number of thiophene rings is 1.